The van der Waals surface area contributed by atoms with E-state index >= 15 is 0 Å². The molecule has 14 rings (SSSR count). The molecule has 0 amide bonds. The Bertz CT molecular complexity index is 2400. The van der Waals surface area contributed by atoms with Gasteiger partial charge in [-0.1, -0.05) is 111 Å². The van der Waals surface area contributed by atoms with Gasteiger partial charge in [-0.3, -0.25) is 0 Å². The standard InChI is InChI=1S/C60H73N3O2/c1-3-17-38(18-4-1)61-53-27-13-15-29-57(53)65-60-37-50-43-32-31-40(63-51-25-11-9-23-44(51)45-24-10-12-26-52(45)63)33-46(43)48-35-56-59(36-49(48)42-22-8-7-21-41(42)47(50)34-55(60)61)64-58-30-16-14-28-54(58)62(56)39-19-5-2-6-20-39/h1-6,9-12,17-20,23-26,40-43,46-50,53-60H,7-8,13-16,21-22,27-37H2. The number of morpholine rings is 2. The Morgan fingerprint density at radius 2 is 0.738 bits per heavy atom. The molecule has 9 aliphatic rings. The van der Waals surface area contributed by atoms with Crippen LogP contribution in [0.15, 0.2) is 109 Å². The number of ether oxygens (including phenoxy) is 2. The molecule has 17 atom stereocenters. The maximum absolute atomic E-state index is 7.58. The Morgan fingerprint density at radius 1 is 0.323 bits per heavy atom. The van der Waals surface area contributed by atoms with Crippen LogP contribution in [-0.2, 0) is 9.47 Å². The number of fused-ring (bicyclic) bond motifs is 15. The van der Waals surface area contributed by atoms with E-state index in [1.54, 1.807) is 0 Å². The van der Waals surface area contributed by atoms with Crippen LogP contribution in [0.2, 0.25) is 0 Å². The van der Waals surface area contributed by atoms with Gasteiger partial charge >= 0.3 is 0 Å². The van der Waals surface area contributed by atoms with Crippen LogP contribution in [0, 0.1) is 47.3 Å². The van der Waals surface area contributed by atoms with Crippen molar-refractivity contribution in [3.63, 3.8) is 0 Å². The summed E-state index contributed by atoms with van der Waals surface area (Å²) in [6, 6.07) is 44.7. The lowest BCUT2D eigenvalue weighted by molar-refractivity contribution is -0.169. The summed E-state index contributed by atoms with van der Waals surface area (Å²) < 4.78 is 18.0. The van der Waals surface area contributed by atoms with Crippen LogP contribution >= 0.6 is 0 Å². The van der Waals surface area contributed by atoms with Gasteiger partial charge < -0.3 is 23.8 Å². The van der Waals surface area contributed by atoms with Crippen molar-refractivity contribution >= 4 is 33.2 Å². The van der Waals surface area contributed by atoms with E-state index in [0.717, 1.165) is 41.4 Å². The van der Waals surface area contributed by atoms with Crippen LogP contribution < -0.4 is 9.80 Å². The quantitative estimate of drug-likeness (QED) is 0.169. The topological polar surface area (TPSA) is 29.9 Å². The lowest BCUT2D eigenvalue weighted by Gasteiger charge is -2.64. The van der Waals surface area contributed by atoms with E-state index in [1.165, 1.54) is 155 Å². The average Bonchev–Trinajstić information content (AvgIpc) is 3.71. The highest BCUT2D eigenvalue weighted by Gasteiger charge is 2.60. The molecule has 7 saturated carbocycles. The Kier molecular flexibility index (Phi) is 10.2. The van der Waals surface area contributed by atoms with Gasteiger partial charge in [-0.15, -0.1) is 0 Å². The predicted octanol–water partition coefficient (Wildman–Crippen LogP) is 13.8. The zero-order valence-corrected chi connectivity index (χ0v) is 38.8. The molecule has 9 fully saturated rings. The van der Waals surface area contributed by atoms with Gasteiger partial charge in [0.05, 0.1) is 48.6 Å². The Labute approximate surface area is 388 Å². The van der Waals surface area contributed by atoms with E-state index in [-0.39, 0.29) is 0 Å². The highest BCUT2D eigenvalue weighted by Crippen LogP contribution is 2.63. The van der Waals surface area contributed by atoms with Gasteiger partial charge in [0.2, 0.25) is 0 Å². The van der Waals surface area contributed by atoms with E-state index < -0.39 is 0 Å². The predicted molar refractivity (Wildman–Crippen MR) is 264 cm³/mol. The Morgan fingerprint density at radius 3 is 1.28 bits per heavy atom. The maximum Gasteiger partial charge on any atom is 0.0786 e. The lowest BCUT2D eigenvalue weighted by atomic mass is 9.46. The Balaban J connectivity index is 0.898. The number of anilines is 2. The number of benzene rings is 4. The highest BCUT2D eigenvalue weighted by molar-refractivity contribution is 6.08. The number of hydrogen-bond acceptors (Lipinski definition) is 4. The third kappa shape index (κ3) is 6.57. The third-order valence-corrected chi connectivity index (χ3v) is 20.6. The molecular formula is C60H73N3O2. The van der Waals surface area contributed by atoms with Crippen molar-refractivity contribution in [1.29, 1.82) is 0 Å². The summed E-state index contributed by atoms with van der Waals surface area (Å²) in [4.78, 5) is 5.99. The highest BCUT2D eigenvalue weighted by atomic mass is 16.5. The molecule has 3 heterocycles. The zero-order valence-electron chi connectivity index (χ0n) is 38.8. The molecule has 2 aliphatic heterocycles. The monoisotopic (exact) mass is 868 g/mol. The molecule has 17 unspecified atom stereocenters. The van der Waals surface area contributed by atoms with Gasteiger partial charge in [-0.05, 0) is 167 Å². The largest absolute Gasteiger partial charge is 0.371 e. The second kappa shape index (κ2) is 16.5. The van der Waals surface area contributed by atoms with Crippen LogP contribution in [0.3, 0.4) is 0 Å². The molecule has 340 valence electrons. The molecule has 5 aromatic rings. The van der Waals surface area contributed by atoms with Crippen LogP contribution in [0.25, 0.3) is 21.8 Å². The minimum absolute atomic E-state index is 0.336. The second-order valence-corrected chi connectivity index (χ2v) is 23.2. The molecule has 4 aromatic carbocycles. The summed E-state index contributed by atoms with van der Waals surface area (Å²) in [5, 5.41) is 2.87. The fourth-order valence-electron chi connectivity index (χ4n) is 18.3. The zero-order chi connectivity index (χ0) is 42.6. The first kappa shape index (κ1) is 40.3. The summed E-state index contributed by atoms with van der Waals surface area (Å²) in [5.74, 6) is 6.11. The number of rotatable bonds is 3. The van der Waals surface area contributed by atoms with Crippen LogP contribution in [0.5, 0.6) is 0 Å². The van der Waals surface area contributed by atoms with E-state index in [4.69, 9.17) is 9.47 Å². The van der Waals surface area contributed by atoms with Crippen molar-refractivity contribution in [1.82, 2.24) is 4.57 Å². The van der Waals surface area contributed by atoms with E-state index in [9.17, 15) is 0 Å². The molecule has 2 saturated heterocycles. The molecular weight excluding hydrogens is 795 g/mol. The van der Waals surface area contributed by atoms with Gasteiger partial charge in [0, 0.05) is 39.2 Å². The first-order valence-corrected chi connectivity index (χ1v) is 27.2. The number of hydrogen-bond donors (Lipinski definition) is 0. The van der Waals surface area contributed by atoms with E-state index in [2.05, 4.69) is 124 Å². The van der Waals surface area contributed by atoms with Gasteiger partial charge in [0.25, 0.3) is 0 Å². The van der Waals surface area contributed by atoms with Gasteiger partial charge in [-0.2, -0.15) is 0 Å². The minimum atomic E-state index is 0.336. The summed E-state index contributed by atoms with van der Waals surface area (Å²) in [6.45, 7) is 0. The summed E-state index contributed by atoms with van der Waals surface area (Å²) >= 11 is 0. The second-order valence-electron chi connectivity index (χ2n) is 23.2. The summed E-state index contributed by atoms with van der Waals surface area (Å²) in [6.07, 6.45) is 26.7. The van der Waals surface area contributed by atoms with E-state index in [1.807, 2.05) is 0 Å². The Hall–Kier alpha value is -3.80. The van der Waals surface area contributed by atoms with Crippen molar-refractivity contribution in [3.8, 4) is 0 Å². The molecule has 5 nitrogen and oxygen atoms in total. The smallest absolute Gasteiger partial charge is 0.0786 e. The molecule has 0 radical (unpaired) electrons. The maximum atomic E-state index is 7.58. The van der Waals surface area contributed by atoms with Crippen molar-refractivity contribution in [2.24, 2.45) is 47.3 Å². The first-order valence-electron chi connectivity index (χ1n) is 27.2. The molecule has 7 aliphatic carbocycles. The number of aromatic nitrogens is 1. The molecule has 0 N–H and O–H groups in total. The molecule has 1 aromatic heterocycles. The summed E-state index contributed by atoms with van der Waals surface area (Å²) in [5.41, 5.74) is 5.83. The fraction of sp³-hybridized carbons (Fsp3) is 0.600. The molecule has 5 heteroatoms. The lowest BCUT2D eigenvalue weighted by Crippen LogP contribution is -2.67. The van der Waals surface area contributed by atoms with Crippen molar-refractivity contribution in [2.75, 3.05) is 9.80 Å². The summed E-state index contributed by atoms with van der Waals surface area (Å²) in [7, 11) is 0. The SMILES string of the molecule is c1ccc(N2C3CCCCC3OC3CC4C5CCC(n6c7ccccc7c7ccccc76)CC5C5CC6C(CC5C5CCCCC5C4CC32)OC2CCCCC2N6c2ccccc2)cc1. The molecule has 65 heavy (non-hydrogen) atoms. The van der Waals surface area contributed by atoms with Crippen LogP contribution in [0.4, 0.5) is 11.4 Å². The third-order valence-electron chi connectivity index (χ3n) is 20.6. The van der Waals surface area contributed by atoms with Crippen molar-refractivity contribution in [3.05, 3.63) is 109 Å². The van der Waals surface area contributed by atoms with Crippen molar-refractivity contribution in [2.45, 2.75) is 177 Å². The van der Waals surface area contributed by atoms with Crippen molar-refractivity contribution < 1.29 is 9.47 Å². The van der Waals surface area contributed by atoms with Gasteiger partial charge in [0.1, 0.15) is 0 Å². The number of para-hydroxylation sites is 4. The molecule has 0 spiro atoms. The van der Waals surface area contributed by atoms with Crippen LogP contribution in [0.1, 0.15) is 128 Å². The van der Waals surface area contributed by atoms with Crippen LogP contribution in [-0.4, -0.2) is 53.2 Å². The fourth-order valence-corrected chi connectivity index (χ4v) is 18.3. The van der Waals surface area contributed by atoms with Gasteiger partial charge in [-0.25, -0.2) is 0 Å². The van der Waals surface area contributed by atoms with Gasteiger partial charge in [0.15, 0.2) is 0 Å². The average molecular weight is 868 g/mol. The minimum Gasteiger partial charge on any atom is -0.371 e. The normalized spacial score (nSPS) is 41.3. The van der Waals surface area contributed by atoms with E-state index in [0.29, 0.717) is 60.5 Å². The molecule has 0 bridgehead atoms. The number of nitrogens with zero attached hydrogens (tertiary/aromatic N) is 3. The first-order chi connectivity index (χ1) is 32.2.